The van der Waals surface area contributed by atoms with E-state index in [0.717, 1.165) is 5.56 Å². The summed E-state index contributed by atoms with van der Waals surface area (Å²) in [7, 11) is 2.99. The van der Waals surface area contributed by atoms with Gasteiger partial charge in [-0.3, -0.25) is 24.1 Å². The third kappa shape index (κ3) is 9.56. The molecule has 0 spiro atoms. The summed E-state index contributed by atoms with van der Waals surface area (Å²) >= 11 is 0. The highest BCUT2D eigenvalue weighted by Gasteiger charge is 2.21. The lowest BCUT2D eigenvalue weighted by atomic mass is 10.1. The third-order valence-electron chi connectivity index (χ3n) is 6.43. The van der Waals surface area contributed by atoms with Gasteiger partial charge in [-0.05, 0) is 47.9 Å². The van der Waals surface area contributed by atoms with E-state index in [0.29, 0.717) is 28.3 Å². The van der Waals surface area contributed by atoms with Crippen molar-refractivity contribution in [2.24, 2.45) is 0 Å². The van der Waals surface area contributed by atoms with Crippen molar-refractivity contribution in [1.82, 2.24) is 10.3 Å². The predicted octanol–water partition coefficient (Wildman–Crippen LogP) is 3.74. The van der Waals surface area contributed by atoms with Crippen molar-refractivity contribution < 1.29 is 38.9 Å². The van der Waals surface area contributed by atoms with E-state index in [1.165, 1.54) is 31.3 Å². The molecule has 226 valence electrons. The Hall–Kier alpha value is -5.46. The number of amides is 4. The standard InChI is InChI=1S/C30H33N5O8/c1-18-6-4-5-7-21(18)33-30(42)34-22-10-8-19(14-24(22)43-3)15-27(37)35(2)25-11-9-20(17-31-25)23(16-29(40)41)32-26(36)12-13-28(38)39/h4-11,14,17,23H,12-13,15-16H2,1-3H3,(H,32,36)(H,38,39)(H,40,41)(H2,33,34,42). The molecule has 0 saturated carbocycles. The summed E-state index contributed by atoms with van der Waals surface area (Å²) in [6, 6.07) is 14.0. The maximum atomic E-state index is 13.0. The molecule has 43 heavy (non-hydrogen) atoms. The zero-order valence-electron chi connectivity index (χ0n) is 23.9. The first-order valence-electron chi connectivity index (χ1n) is 13.2. The van der Waals surface area contributed by atoms with Crippen LogP contribution in [0.1, 0.15) is 42.0 Å². The molecule has 2 aromatic carbocycles. The first-order valence-corrected chi connectivity index (χ1v) is 13.2. The molecule has 3 aromatic rings. The van der Waals surface area contributed by atoms with E-state index in [1.54, 1.807) is 30.3 Å². The van der Waals surface area contributed by atoms with E-state index in [-0.39, 0.29) is 31.0 Å². The number of hydrogen-bond acceptors (Lipinski definition) is 7. The zero-order valence-corrected chi connectivity index (χ0v) is 23.9. The Bertz CT molecular complexity index is 1490. The normalized spacial score (nSPS) is 11.1. The molecule has 1 atom stereocenters. The highest BCUT2D eigenvalue weighted by Crippen LogP contribution is 2.27. The van der Waals surface area contributed by atoms with Gasteiger partial charge < -0.3 is 30.9 Å². The molecule has 0 aliphatic heterocycles. The average molecular weight is 592 g/mol. The number of carboxylic acids is 2. The number of anilines is 3. The lowest BCUT2D eigenvalue weighted by Crippen LogP contribution is -2.31. The van der Waals surface area contributed by atoms with Gasteiger partial charge in [0.2, 0.25) is 11.8 Å². The van der Waals surface area contributed by atoms with Crippen molar-refractivity contribution in [2.75, 3.05) is 29.7 Å². The topological polar surface area (TPSA) is 187 Å². The van der Waals surface area contributed by atoms with E-state index in [2.05, 4.69) is 20.9 Å². The first kappa shape index (κ1) is 32.1. The van der Waals surface area contributed by atoms with Crippen molar-refractivity contribution in [2.45, 2.75) is 38.6 Å². The fourth-order valence-corrected chi connectivity index (χ4v) is 4.07. The number of carboxylic acid groups (broad SMARTS) is 2. The van der Waals surface area contributed by atoms with Crippen LogP contribution in [0.5, 0.6) is 5.75 Å². The SMILES string of the molecule is COc1cc(CC(=O)N(C)c2ccc(C(CC(=O)O)NC(=O)CCC(=O)O)cn2)ccc1NC(=O)Nc1ccccc1C. The number of pyridine rings is 1. The summed E-state index contributed by atoms with van der Waals surface area (Å²) in [5.41, 5.74) is 3.01. The zero-order chi connectivity index (χ0) is 31.5. The molecule has 0 fully saturated rings. The molecule has 0 radical (unpaired) electrons. The largest absolute Gasteiger partial charge is 0.495 e. The van der Waals surface area contributed by atoms with Gasteiger partial charge in [-0.2, -0.15) is 0 Å². The molecule has 0 aliphatic rings. The second-order valence-electron chi connectivity index (χ2n) is 9.62. The van der Waals surface area contributed by atoms with E-state index >= 15 is 0 Å². The summed E-state index contributed by atoms with van der Waals surface area (Å²) in [4.78, 5) is 65.3. The number of urea groups is 1. The summed E-state index contributed by atoms with van der Waals surface area (Å²) < 4.78 is 5.42. The summed E-state index contributed by atoms with van der Waals surface area (Å²) in [6.45, 7) is 1.88. The van der Waals surface area contributed by atoms with Crippen LogP contribution in [-0.4, -0.2) is 59.1 Å². The van der Waals surface area contributed by atoms with Gasteiger partial charge in [-0.25, -0.2) is 9.78 Å². The lowest BCUT2D eigenvalue weighted by molar-refractivity contribution is -0.140. The number of nitrogens with one attached hydrogen (secondary N) is 3. The summed E-state index contributed by atoms with van der Waals surface area (Å²) in [5.74, 6) is -2.55. The van der Waals surface area contributed by atoms with Gasteiger partial charge in [0.1, 0.15) is 11.6 Å². The van der Waals surface area contributed by atoms with Crippen LogP contribution in [0.25, 0.3) is 0 Å². The molecule has 0 bridgehead atoms. The van der Waals surface area contributed by atoms with Gasteiger partial charge in [0, 0.05) is 25.4 Å². The summed E-state index contributed by atoms with van der Waals surface area (Å²) in [5, 5.41) is 26.1. The lowest BCUT2D eigenvalue weighted by Gasteiger charge is -2.20. The fourth-order valence-electron chi connectivity index (χ4n) is 4.07. The monoisotopic (exact) mass is 591 g/mol. The molecule has 3 rings (SSSR count). The number of aromatic nitrogens is 1. The van der Waals surface area contributed by atoms with E-state index in [1.807, 2.05) is 25.1 Å². The Morgan fingerprint density at radius 2 is 1.65 bits per heavy atom. The fraction of sp³-hybridized carbons (Fsp3) is 0.267. The van der Waals surface area contributed by atoms with Gasteiger partial charge in [-0.1, -0.05) is 30.3 Å². The van der Waals surface area contributed by atoms with Crippen LogP contribution in [0.2, 0.25) is 0 Å². The molecular formula is C30H33N5O8. The second-order valence-corrected chi connectivity index (χ2v) is 9.62. The number of nitrogens with zero attached hydrogens (tertiary/aromatic N) is 2. The van der Waals surface area contributed by atoms with Crippen LogP contribution < -0.4 is 25.6 Å². The van der Waals surface area contributed by atoms with Crippen molar-refractivity contribution in [3.63, 3.8) is 0 Å². The average Bonchev–Trinajstić information content (AvgIpc) is 2.97. The minimum atomic E-state index is -1.16. The maximum absolute atomic E-state index is 13.0. The van der Waals surface area contributed by atoms with Gasteiger partial charge in [-0.15, -0.1) is 0 Å². The van der Waals surface area contributed by atoms with Gasteiger partial charge in [0.05, 0.1) is 38.1 Å². The Morgan fingerprint density at radius 3 is 2.28 bits per heavy atom. The first-order chi connectivity index (χ1) is 20.5. The number of methoxy groups -OCH3 is 1. The van der Waals surface area contributed by atoms with E-state index in [9.17, 15) is 29.1 Å². The number of aryl methyl sites for hydroxylation is 1. The van der Waals surface area contributed by atoms with Crippen molar-refractivity contribution in [3.05, 3.63) is 77.5 Å². The molecule has 0 aliphatic carbocycles. The van der Waals surface area contributed by atoms with E-state index in [4.69, 9.17) is 9.84 Å². The second kappa shape index (κ2) is 15.0. The van der Waals surface area contributed by atoms with Crippen molar-refractivity contribution in [3.8, 4) is 5.75 Å². The predicted molar refractivity (Wildman–Crippen MR) is 158 cm³/mol. The highest BCUT2D eigenvalue weighted by atomic mass is 16.5. The van der Waals surface area contributed by atoms with Gasteiger partial charge >= 0.3 is 18.0 Å². The minimum Gasteiger partial charge on any atom is -0.495 e. The number of hydrogen-bond donors (Lipinski definition) is 5. The molecule has 4 amide bonds. The van der Waals surface area contributed by atoms with Crippen LogP contribution in [0.4, 0.5) is 22.0 Å². The van der Waals surface area contributed by atoms with Crippen LogP contribution in [0, 0.1) is 6.92 Å². The molecular weight excluding hydrogens is 558 g/mol. The number of para-hydroxylation sites is 1. The smallest absolute Gasteiger partial charge is 0.323 e. The van der Waals surface area contributed by atoms with Gasteiger partial charge in [0.15, 0.2) is 0 Å². The number of benzene rings is 2. The van der Waals surface area contributed by atoms with Crippen LogP contribution in [0.3, 0.4) is 0 Å². The number of aliphatic carboxylic acids is 2. The Kier molecular flexibility index (Phi) is 11.2. The van der Waals surface area contributed by atoms with Crippen LogP contribution >= 0.6 is 0 Å². The molecule has 13 heteroatoms. The number of likely N-dealkylation sites (N-methyl/N-ethyl adjacent to an activating group) is 1. The maximum Gasteiger partial charge on any atom is 0.323 e. The molecule has 1 aromatic heterocycles. The van der Waals surface area contributed by atoms with Crippen LogP contribution in [-0.2, 0) is 25.6 Å². The third-order valence-corrected chi connectivity index (χ3v) is 6.43. The van der Waals surface area contributed by atoms with Crippen LogP contribution in [0.15, 0.2) is 60.8 Å². The molecule has 1 unspecified atom stereocenters. The van der Waals surface area contributed by atoms with Crippen molar-refractivity contribution >= 4 is 47.0 Å². The molecule has 13 nitrogen and oxygen atoms in total. The van der Waals surface area contributed by atoms with E-state index < -0.39 is 36.3 Å². The Balaban J connectivity index is 1.65. The van der Waals surface area contributed by atoms with Crippen molar-refractivity contribution in [1.29, 1.82) is 0 Å². The molecule has 5 N–H and O–H groups in total. The Morgan fingerprint density at radius 1 is 0.930 bits per heavy atom. The Labute approximate surface area is 247 Å². The quantitative estimate of drug-likeness (QED) is 0.197. The highest BCUT2D eigenvalue weighted by molar-refractivity contribution is 6.01. The van der Waals surface area contributed by atoms with Gasteiger partial charge in [0.25, 0.3) is 0 Å². The number of ether oxygens (including phenoxy) is 1. The molecule has 0 saturated heterocycles. The number of rotatable bonds is 13. The summed E-state index contributed by atoms with van der Waals surface area (Å²) in [6.07, 6.45) is 0.235. The number of carbonyl (C=O) groups is 5. The minimum absolute atomic E-state index is 0.00669. The number of carbonyl (C=O) groups excluding carboxylic acids is 3. The molecule has 1 heterocycles.